The molecule has 1 saturated heterocycles. The summed E-state index contributed by atoms with van der Waals surface area (Å²) in [5, 5.41) is 0. The Labute approximate surface area is 191 Å². The largest absolute Gasteiger partial charge is 0.416 e. The Morgan fingerprint density at radius 3 is 2.55 bits per heavy atom. The van der Waals surface area contributed by atoms with Crippen LogP contribution < -0.4 is 0 Å². The minimum atomic E-state index is -4.39. The van der Waals surface area contributed by atoms with Crippen LogP contribution in [-0.4, -0.2) is 28.9 Å². The topological polar surface area (TPSA) is 33.2 Å². The summed E-state index contributed by atoms with van der Waals surface area (Å²) >= 11 is 0. The third kappa shape index (κ3) is 4.52. The normalized spacial score (nSPS) is 18.5. The highest BCUT2D eigenvalue weighted by Gasteiger charge is 2.33. The van der Waals surface area contributed by atoms with E-state index in [4.69, 9.17) is 0 Å². The summed E-state index contributed by atoms with van der Waals surface area (Å²) < 4.78 is 40.1. The quantitative estimate of drug-likeness (QED) is 0.450. The molecule has 5 rings (SSSR count). The predicted octanol–water partition coefficient (Wildman–Crippen LogP) is 6.58. The molecule has 0 bridgehead atoms. The summed E-state index contributed by atoms with van der Waals surface area (Å²) in [4.78, 5) is 19.3. The summed E-state index contributed by atoms with van der Waals surface area (Å²) in [6.45, 7) is 3.02. The first-order valence-corrected chi connectivity index (χ1v) is 11.3. The number of aryl methyl sites for hydroxylation is 1. The lowest BCUT2D eigenvalue weighted by Gasteiger charge is -2.19. The van der Waals surface area contributed by atoms with Crippen LogP contribution in [0.15, 0.2) is 60.9 Å². The number of nitrogens with zero attached hydrogens (tertiary/aromatic N) is 2. The molecule has 2 aliphatic rings. The molecule has 33 heavy (non-hydrogen) atoms. The fourth-order valence-electron chi connectivity index (χ4n) is 4.81. The minimum absolute atomic E-state index is 0.0185. The average Bonchev–Trinajstić information content (AvgIpc) is 3.54. The van der Waals surface area contributed by atoms with Crippen molar-refractivity contribution in [3.05, 3.63) is 88.7 Å². The Bertz CT molecular complexity index is 1190. The molecule has 3 aromatic rings. The van der Waals surface area contributed by atoms with E-state index in [0.717, 1.165) is 36.0 Å². The number of likely N-dealkylation sites (tertiary alicyclic amines) is 1. The average molecular weight is 451 g/mol. The molecule has 1 saturated carbocycles. The number of rotatable bonds is 4. The van der Waals surface area contributed by atoms with Gasteiger partial charge in [-0.25, -0.2) is 0 Å². The van der Waals surface area contributed by atoms with Crippen LogP contribution in [0.4, 0.5) is 13.2 Å². The van der Waals surface area contributed by atoms with Gasteiger partial charge in [0.05, 0.1) is 5.56 Å². The van der Waals surface area contributed by atoms with Crippen LogP contribution in [0.25, 0.3) is 11.1 Å². The van der Waals surface area contributed by atoms with Gasteiger partial charge >= 0.3 is 6.18 Å². The molecule has 0 N–H and O–H groups in total. The van der Waals surface area contributed by atoms with Gasteiger partial charge in [0.25, 0.3) is 5.91 Å². The van der Waals surface area contributed by atoms with E-state index in [1.165, 1.54) is 12.1 Å². The lowest BCUT2D eigenvalue weighted by molar-refractivity contribution is -0.137. The van der Waals surface area contributed by atoms with Crippen molar-refractivity contribution in [2.45, 2.75) is 44.2 Å². The third-order valence-electron chi connectivity index (χ3n) is 6.66. The first kappa shape index (κ1) is 21.7. The number of hydrogen-bond donors (Lipinski definition) is 0. The van der Waals surface area contributed by atoms with E-state index < -0.39 is 11.7 Å². The van der Waals surface area contributed by atoms with Crippen molar-refractivity contribution in [2.75, 3.05) is 13.1 Å². The first-order valence-electron chi connectivity index (χ1n) is 11.3. The molecule has 1 aliphatic heterocycles. The molecular formula is C27H25F3N2O. The van der Waals surface area contributed by atoms with Crippen LogP contribution in [0.3, 0.4) is 0 Å². The minimum Gasteiger partial charge on any atom is -0.338 e. The van der Waals surface area contributed by atoms with Gasteiger partial charge in [0.1, 0.15) is 0 Å². The number of carbonyl (C=O) groups excluding carboxylic acids is 1. The maximum absolute atomic E-state index is 13.4. The molecule has 1 aromatic heterocycles. The number of amides is 1. The highest BCUT2D eigenvalue weighted by atomic mass is 19.4. The fraction of sp³-hybridized carbons (Fsp3) is 0.333. The maximum Gasteiger partial charge on any atom is 0.416 e. The SMILES string of the molecule is Cc1cc(-c2ccc(C(=O)N3CCC(c4cccnc4)C3)cc2C2CC2)cc(C(F)(F)F)c1. The van der Waals surface area contributed by atoms with Crippen molar-refractivity contribution < 1.29 is 18.0 Å². The number of hydrogen-bond acceptors (Lipinski definition) is 2. The molecule has 0 spiro atoms. The van der Waals surface area contributed by atoms with E-state index in [1.807, 2.05) is 35.4 Å². The van der Waals surface area contributed by atoms with Crippen molar-refractivity contribution >= 4 is 5.91 Å². The van der Waals surface area contributed by atoms with E-state index in [1.54, 1.807) is 25.3 Å². The Hall–Kier alpha value is -3.15. The van der Waals surface area contributed by atoms with Crippen molar-refractivity contribution in [2.24, 2.45) is 0 Å². The van der Waals surface area contributed by atoms with Crippen LogP contribution in [0.1, 0.15) is 63.7 Å². The van der Waals surface area contributed by atoms with Gasteiger partial charge in [0.15, 0.2) is 0 Å². The molecule has 1 atom stereocenters. The summed E-state index contributed by atoms with van der Waals surface area (Å²) in [7, 11) is 0. The van der Waals surface area contributed by atoms with E-state index >= 15 is 0 Å². The van der Waals surface area contributed by atoms with E-state index in [0.29, 0.717) is 35.7 Å². The third-order valence-corrected chi connectivity index (χ3v) is 6.66. The molecule has 0 radical (unpaired) electrons. The van der Waals surface area contributed by atoms with Crippen molar-refractivity contribution in [3.8, 4) is 11.1 Å². The zero-order valence-electron chi connectivity index (χ0n) is 18.4. The summed E-state index contributed by atoms with van der Waals surface area (Å²) in [6, 6.07) is 13.6. The first-order chi connectivity index (χ1) is 15.8. The van der Waals surface area contributed by atoms with Gasteiger partial charge in [-0.2, -0.15) is 13.2 Å². The Kier molecular flexibility index (Phi) is 5.47. The standard InChI is InChI=1S/C27H25F3N2O/c1-17-11-22(13-23(12-17)27(28,29)30)24-7-6-19(14-25(24)18-4-5-18)26(33)32-10-8-21(16-32)20-3-2-9-31-15-20/h2-3,6-7,9,11-15,18,21H,4-5,8,10,16H2,1H3. The maximum atomic E-state index is 13.4. The van der Waals surface area contributed by atoms with Crippen LogP contribution in [-0.2, 0) is 6.18 Å². The fourth-order valence-corrected chi connectivity index (χ4v) is 4.81. The summed E-state index contributed by atoms with van der Waals surface area (Å²) in [5.74, 6) is 0.553. The number of aromatic nitrogens is 1. The molecule has 6 heteroatoms. The second-order valence-corrected chi connectivity index (χ2v) is 9.18. The summed E-state index contributed by atoms with van der Waals surface area (Å²) in [6.07, 6.45) is 2.10. The van der Waals surface area contributed by atoms with Crippen molar-refractivity contribution in [1.82, 2.24) is 9.88 Å². The smallest absolute Gasteiger partial charge is 0.338 e. The van der Waals surface area contributed by atoms with Crippen LogP contribution >= 0.6 is 0 Å². The van der Waals surface area contributed by atoms with Gasteiger partial charge in [0.2, 0.25) is 0 Å². The van der Waals surface area contributed by atoms with E-state index in [9.17, 15) is 18.0 Å². The number of benzene rings is 2. The van der Waals surface area contributed by atoms with Gasteiger partial charge < -0.3 is 4.90 Å². The van der Waals surface area contributed by atoms with Crippen molar-refractivity contribution in [1.29, 1.82) is 0 Å². The monoisotopic (exact) mass is 450 g/mol. The zero-order chi connectivity index (χ0) is 23.2. The number of alkyl halides is 3. The second kappa shape index (κ2) is 8.32. The molecule has 2 fully saturated rings. The summed E-state index contributed by atoms with van der Waals surface area (Å²) in [5.41, 5.74) is 4.00. The highest BCUT2D eigenvalue weighted by Crippen LogP contribution is 2.46. The van der Waals surface area contributed by atoms with Gasteiger partial charge in [-0.3, -0.25) is 9.78 Å². The van der Waals surface area contributed by atoms with Gasteiger partial charge in [-0.15, -0.1) is 0 Å². The van der Waals surface area contributed by atoms with Gasteiger partial charge in [-0.05, 0) is 90.3 Å². The Balaban J connectivity index is 1.43. The van der Waals surface area contributed by atoms with E-state index in [-0.39, 0.29) is 11.8 Å². The zero-order valence-corrected chi connectivity index (χ0v) is 18.4. The lowest BCUT2D eigenvalue weighted by Crippen LogP contribution is -2.28. The second-order valence-electron chi connectivity index (χ2n) is 9.18. The predicted molar refractivity (Wildman–Crippen MR) is 121 cm³/mol. The van der Waals surface area contributed by atoms with Crippen LogP contribution in [0, 0.1) is 6.92 Å². The van der Waals surface area contributed by atoms with Gasteiger partial charge in [0, 0.05) is 37.0 Å². The Morgan fingerprint density at radius 1 is 1.03 bits per heavy atom. The molecule has 3 nitrogen and oxygen atoms in total. The van der Waals surface area contributed by atoms with Crippen molar-refractivity contribution in [3.63, 3.8) is 0 Å². The molecule has 170 valence electrons. The lowest BCUT2D eigenvalue weighted by atomic mass is 9.92. The number of carbonyl (C=O) groups is 1. The highest BCUT2D eigenvalue weighted by molar-refractivity contribution is 5.95. The molecule has 1 amide bonds. The molecule has 1 unspecified atom stereocenters. The van der Waals surface area contributed by atoms with Crippen LogP contribution in [0.2, 0.25) is 0 Å². The van der Waals surface area contributed by atoms with Gasteiger partial charge in [-0.1, -0.05) is 18.2 Å². The van der Waals surface area contributed by atoms with E-state index in [2.05, 4.69) is 4.98 Å². The molecule has 2 heterocycles. The molecule has 1 aliphatic carbocycles. The number of pyridine rings is 1. The van der Waals surface area contributed by atoms with Crippen LogP contribution in [0.5, 0.6) is 0 Å². The molecule has 2 aromatic carbocycles. The molecular weight excluding hydrogens is 425 g/mol. The number of halogens is 3. The Morgan fingerprint density at radius 2 is 1.85 bits per heavy atom.